The predicted molar refractivity (Wildman–Crippen MR) is 76.4 cm³/mol. The number of benzene rings is 1. The summed E-state index contributed by atoms with van der Waals surface area (Å²) in [6, 6.07) is 6.28. The van der Waals surface area contributed by atoms with Crippen molar-refractivity contribution < 1.29 is 4.42 Å². The summed E-state index contributed by atoms with van der Waals surface area (Å²) in [4.78, 5) is 13.8. The van der Waals surface area contributed by atoms with E-state index in [9.17, 15) is 4.79 Å². The molecule has 19 heavy (non-hydrogen) atoms. The summed E-state index contributed by atoms with van der Waals surface area (Å²) in [6.45, 7) is 4.62. The molecule has 1 aliphatic carbocycles. The van der Waals surface area contributed by atoms with E-state index in [-0.39, 0.29) is 0 Å². The molecular formula is C15H20N2O2. The summed E-state index contributed by atoms with van der Waals surface area (Å²) in [6.07, 6.45) is 3.82. The minimum absolute atomic E-state index is 0.396. The number of aromatic nitrogens is 1. The molecule has 2 N–H and O–H groups in total. The Bertz CT molecular complexity index is 628. The predicted octanol–water partition coefficient (Wildman–Crippen LogP) is 3.36. The maximum absolute atomic E-state index is 11.1. The van der Waals surface area contributed by atoms with Crippen LogP contribution in [0.1, 0.15) is 33.1 Å². The molecule has 3 rings (SSSR count). The topological polar surface area (TPSA) is 58.0 Å². The van der Waals surface area contributed by atoms with Crippen molar-refractivity contribution in [1.29, 1.82) is 0 Å². The first kappa shape index (κ1) is 12.3. The molecule has 0 spiro atoms. The third-order valence-electron chi connectivity index (χ3n) is 4.23. The van der Waals surface area contributed by atoms with Gasteiger partial charge in [0.2, 0.25) is 0 Å². The number of H-pyrrole nitrogens is 1. The lowest BCUT2D eigenvalue weighted by molar-refractivity contribution is 0.281. The lowest BCUT2D eigenvalue weighted by atomic mass is 9.80. The van der Waals surface area contributed by atoms with E-state index < -0.39 is 5.76 Å². The van der Waals surface area contributed by atoms with Gasteiger partial charge in [0.25, 0.3) is 0 Å². The molecule has 0 radical (unpaired) electrons. The first-order valence-electron chi connectivity index (χ1n) is 7.01. The Balaban J connectivity index is 1.82. The van der Waals surface area contributed by atoms with Gasteiger partial charge in [-0.15, -0.1) is 0 Å². The van der Waals surface area contributed by atoms with Crippen LogP contribution in [0.5, 0.6) is 0 Å². The van der Waals surface area contributed by atoms with Crippen LogP contribution < -0.4 is 11.1 Å². The van der Waals surface area contributed by atoms with Crippen molar-refractivity contribution in [3.63, 3.8) is 0 Å². The Morgan fingerprint density at radius 3 is 3.00 bits per heavy atom. The summed E-state index contributed by atoms with van der Waals surface area (Å²) in [5, 5.41) is 3.60. The number of hydrogen-bond acceptors (Lipinski definition) is 3. The monoisotopic (exact) mass is 260 g/mol. The minimum atomic E-state index is -0.396. The normalized spacial score (nSPS) is 27.6. The van der Waals surface area contributed by atoms with Crippen molar-refractivity contribution in [1.82, 2.24) is 4.98 Å². The van der Waals surface area contributed by atoms with E-state index in [2.05, 4.69) is 24.1 Å². The zero-order valence-electron chi connectivity index (χ0n) is 11.4. The summed E-state index contributed by atoms with van der Waals surface area (Å²) in [5.74, 6) is 1.08. The molecule has 0 aliphatic heterocycles. The smallest absolute Gasteiger partial charge is 0.408 e. The second-order valence-corrected chi connectivity index (χ2v) is 5.87. The number of hydrogen-bond donors (Lipinski definition) is 2. The van der Waals surface area contributed by atoms with Gasteiger partial charge in [0.05, 0.1) is 5.52 Å². The fourth-order valence-electron chi connectivity index (χ4n) is 2.99. The van der Waals surface area contributed by atoms with Crippen LogP contribution in [0.2, 0.25) is 0 Å². The van der Waals surface area contributed by atoms with Gasteiger partial charge >= 0.3 is 5.76 Å². The summed E-state index contributed by atoms with van der Waals surface area (Å²) >= 11 is 0. The van der Waals surface area contributed by atoms with Gasteiger partial charge < -0.3 is 9.73 Å². The summed E-state index contributed by atoms with van der Waals surface area (Å²) < 4.78 is 5.01. The summed E-state index contributed by atoms with van der Waals surface area (Å²) in [7, 11) is 0. The van der Waals surface area contributed by atoms with Gasteiger partial charge in [-0.1, -0.05) is 20.3 Å². The molecule has 4 heteroatoms. The van der Waals surface area contributed by atoms with Gasteiger partial charge in [-0.3, -0.25) is 4.98 Å². The van der Waals surface area contributed by atoms with Gasteiger partial charge in [0.1, 0.15) is 0 Å². The second kappa shape index (κ2) is 4.76. The van der Waals surface area contributed by atoms with Crippen LogP contribution in [-0.2, 0) is 0 Å². The zero-order valence-corrected chi connectivity index (χ0v) is 11.4. The van der Waals surface area contributed by atoms with E-state index in [0.29, 0.717) is 17.5 Å². The fraction of sp³-hybridized carbons (Fsp3) is 0.533. The lowest BCUT2D eigenvalue weighted by Gasteiger charge is -2.34. The van der Waals surface area contributed by atoms with Crippen molar-refractivity contribution in [2.24, 2.45) is 11.8 Å². The van der Waals surface area contributed by atoms with Crippen molar-refractivity contribution >= 4 is 16.8 Å². The SMILES string of the molecule is CC1CCC(C)C(Nc2ccc3oc(=O)[nH]c3c2)C1. The number of fused-ring (bicyclic) bond motifs is 1. The van der Waals surface area contributed by atoms with Crippen LogP contribution in [0.15, 0.2) is 27.4 Å². The lowest BCUT2D eigenvalue weighted by Crippen LogP contribution is -2.33. The molecule has 4 nitrogen and oxygen atoms in total. The number of oxazole rings is 1. The summed E-state index contributed by atoms with van der Waals surface area (Å²) in [5.41, 5.74) is 2.42. The number of anilines is 1. The van der Waals surface area contributed by atoms with E-state index in [4.69, 9.17) is 4.42 Å². The maximum Gasteiger partial charge on any atom is 0.417 e. The minimum Gasteiger partial charge on any atom is -0.408 e. The number of aromatic amines is 1. The molecule has 1 saturated carbocycles. The second-order valence-electron chi connectivity index (χ2n) is 5.87. The average molecular weight is 260 g/mol. The molecule has 102 valence electrons. The molecule has 1 fully saturated rings. The molecule has 1 heterocycles. The third-order valence-corrected chi connectivity index (χ3v) is 4.23. The van der Waals surface area contributed by atoms with Crippen molar-refractivity contribution in [3.05, 3.63) is 28.7 Å². The van der Waals surface area contributed by atoms with Crippen LogP contribution in [0.3, 0.4) is 0 Å². The standard InChI is InChI=1S/C15H20N2O2/c1-9-3-4-10(2)12(7-9)16-11-5-6-14-13(8-11)17-15(18)19-14/h5-6,8-10,12,16H,3-4,7H2,1-2H3,(H,17,18). The van der Waals surface area contributed by atoms with Gasteiger partial charge in [-0.25, -0.2) is 4.79 Å². The largest absolute Gasteiger partial charge is 0.417 e. The molecule has 1 aliphatic rings. The van der Waals surface area contributed by atoms with Gasteiger partial charge in [-0.2, -0.15) is 0 Å². The van der Waals surface area contributed by atoms with Gasteiger partial charge in [-0.05, 0) is 42.9 Å². The Morgan fingerprint density at radius 1 is 1.32 bits per heavy atom. The van der Waals surface area contributed by atoms with E-state index in [0.717, 1.165) is 17.1 Å². The Kier molecular flexibility index (Phi) is 3.09. The molecule has 0 saturated heterocycles. The molecule has 0 amide bonds. The average Bonchev–Trinajstić information content (AvgIpc) is 2.73. The fourth-order valence-corrected chi connectivity index (χ4v) is 2.99. The third kappa shape index (κ3) is 2.53. The number of rotatable bonds is 2. The quantitative estimate of drug-likeness (QED) is 0.870. The molecule has 3 atom stereocenters. The Labute approximate surface area is 112 Å². The molecule has 1 aromatic carbocycles. The van der Waals surface area contributed by atoms with Crippen molar-refractivity contribution in [2.45, 2.75) is 39.2 Å². The molecule has 3 unspecified atom stereocenters. The first-order chi connectivity index (χ1) is 9.11. The highest BCUT2D eigenvalue weighted by molar-refractivity contribution is 5.76. The molecule has 2 aromatic rings. The molecule has 0 bridgehead atoms. The van der Waals surface area contributed by atoms with E-state index in [1.165, 1.54) is 19.3 Å². The number of nitrogens with one attached hydrogen (secondary N) is 2. The van der Waals surface area contributed by atoms with Crippen LogP contribution in [0.25, 0.3) is 11.1 Å². The zero-order chi connectivity index (χ0) is 13.4. The highest BCUT2D eigenvalue weighted by Gasteiger charge is 2.25. The van der Waals surface area contributed by atoms with Crippen LogP contribution >= 0.6 is 0 Å². The van der Waals surface area contributed by atoms with E-state index in [1.807, 2.05) is 18.2 Å². The Hall–Kier alpha value is -1.71. The van der Waals surface area contributed by atoms with Crippen LogP contribution in [-0.4, -0.2) is 11.0 Å². The first-order valence-corrected chi connectivity index (χ1v) is 7.01. The highest BCUT2D eigenvalue weighted by atomic mass is 16.4. The maximum atomic E-state index is 11.1. The van der Waals surface area contributed by atoms with Crippen molar-refractivity contribution in [3.8, 4) is 0 Å². The van der Waals surface area contributed by atoms with Crippen LogP contribution in [0, 0.1) is 11.8 Å². The van der Waals surface area contributed by atoms with E-state index in [1.54, 1.807) is 0 Å². The van der Waals surface area contributed by atoms with Gasteiger partial charge in [0, 0.05) is 11.7 Å². The Morgan fingerprint density at radius 2 is 2.16 bits per heavy atom. The van der Waals surface area contributed by atoms with Gasteiger partial charge in [0.15, 0.2) is 5.58 Å². The van der Waals surface area contributed by atoms with Crippen molar-refractivity contribution in [2.75, 3.05) is 5.32 Å². The van der Waals surface area contributed by atoms with E-state index >= 15 is 0 Å². The van der Waals surface area contributed by atoms with Crippen LogP contribution in [0.4, 0.5) is 5.69 Å². The molecular weight excluding hydrogens is 240 g/mol. The molecule has 1 aromatic heterocycles. The highest BCUT2D eigenvalue weighted by Crippen LogP contribution is 2.31.